The summed E-state index contributed by atoms with van der Waals surface area (Å²) in [5.41, 5.74) is 1.99. The lowest BCUT2D eigenvalue weighted by Crippen LogP contribution is -2.46. The molecule has 2 heterocycles. The molecule has 2 unspecified atom stereocenters. The zero-order valence-corrected chi connectivity index (χ0v) is 13.0. The Morgan fingerprint density at radius 2 is 1.52 bits per heavy atom. The van der Waals surface area contributed by atoms with Crippen molar-refractivity contribution in [3.63, 3.8) is 0 Å². The molecule has 118 valence electrons. The number of fused-ring (bicyclic) bond motifs is 2. The minimum atomic E-state index is -0.187. The van der Waals surface area contributed by atoms with Crippen molar-refractivity contribution in [2.45, 2.75) is 43.7 Å². The molecule has 2 saturated heterocycles. The lowest BCUT2D eigenvalue weighted by Gasteiger charge is -2.39. The first-order chi connectivity index (χ1) is 11.2. The van der Waals surface area contributed by atoms with Crippen LogP contribution in [0.5, 0.6) is 0 Å². The van der Waals surface area contributed by atoms with Gasteiger partial charge in [-0.2, -0.15) is 0 Å². The van der Waals surface area contributed by atoms with Gasteiger partial charge in [0, 0.05) is 17.6 Å². The van der Waals surface area contributed by atoms with Crippen LogP contribution >= 0.6 is 0 Å². The van der Waals surface area contributed by atoms with Crippen molar-refractivity contribution in [2.24, 2.45) is 0 Å². The normalized spacial score (nSPS) is 26.3. The molecule has 2 aliphatic rings. The molecule has 4 rings (SSSR count). The van der Waals surface area contributed by atoms with Crippen molar-refractivity contribution < 1.29 is 9.18 Å². The fraction of sp³-hybridized carbons (Fsp3) is 0.350. The van der Waals surface area contributed by atoms with E-state index in [4.69, 9.17) is 0 Å². The third-order valence-corrected chi connectivity index (χ3v) is 5.33. The van der Waals surface area contributed by atoms with Gasteiger partial charge in [-0.1, -0.05) is 30.3 Å². The Morgan fingerprint density at radius 3 is 2.13 bits per heavy atom. The minimum Gasteiger partial charge on any atom is -0.333 e. The number of nitrogens with zero attached hydrogens (tertiary/aromatic N) is 1. The molecule has 3 heteroatoms. The van der Waals surface area contributed by atoms with Crippen molar-refractivity contribution >= 4 is 5.91 Å². The van der Waals surface area contributed by atoms with Crippen LogP contribution in [0.3, 0.4) is 0 Å². The number of hydrogen-bond donors (Lipinski definition) is 0. The summed E-state index contributed by atoms with van der Waals surface area (Å²) in [6.45, 7) is 0. The molecule has 0 aromatic heterocycles. The maximum atomic E-state index is 13.1. The van der Waals surface area contributed by atoms with Gasteiger partial charge in [-0.25, -0.2) is 4.39 Å². The van der Waals surface area contributed by atoms with Crippen LogP contribution in [0.15, 0.2) is 54.6 Å². The molecule has 0 spiro atoms. The van der Waals surface area contributed by atoms with Crippen molar-refractivity contribution in [1.82, 2.24) is 4.90 Å². The van der Waals surface area contributed by atoms with Gasteiger partial charge in [-0.05, 0) is 61.4 Å². The fourth-order valence-corrected chi connectivity index (χ4v) is 4.25. The summed E-state index contributed by atoms with van der Waals surface area (Å²) >= 11 is 0. The number of piperidine rings is 1. The van der Waals surface area contributed by atoms with Gasteiger partial charge >= 0.3 is 0 Å². The zero-order chi connectivity index (χ0) is 15.8. The van der Waals surface area contributed by atoms with Crippen LogP contribution in [0.25, 0.3) is 0 Å². The Morgan fingerprint density at radius 1 is 0.913 bits per heavy atom. The fourth-order valence-electron chi connectivity index (χ4n) is 4.25. The first-order valence-electron chi connectivity index (χ1n) is 8.35. The maximum Gasteiger partial charge on any atom is 0.254 e. The van der Waals surface area contributed by atoms with Gasteiger partial charge in [0.25, 0.3) is 5.91 Å². The van der Waals surface area contributed by atoms with Gasteiger partial charge in [0.2, 0.25) is 0 Å². The van der Waals surface area contributed by atoms with Gasteiger partial charge in [0.05, 0.1) is 0 Å². The maximum absolute atomic E-state index is 13.1. The molecule has 0 aliphatic carbocycles. The Kier molecular flexibility index (Phi) is 3.64. The van der Waals surface area contributed by atoms with E-state index in [0.717, 1.165) is 31.2 Å². The first-order valence-corrected chi connectivity index (χ1v) is 8.35. The summed E-state index contributed by atoms with van der Waals surface area (Å²) in [5.74, 6) is 0.414. The van der Waals surface area contributed by atoms with Crippen molar-refractivity contribution in [3.8, 4) is 0 Å². The largest absolute Gasteiger partial charge is 0.333 e. The summed E-state index contributed by atoms with van der Waals surface area (Å²) in [6.07, 6.45) is 4.14. The second-order valence-corrected chi connectivity index (χ2v) is 6.68. The molecule has 1 amide bonds. The Labute approximate surface area is 135 Å². The monoisotopic (exact) mass is 309 g/mol. The number of carbonyl (C=O) groups excluding carboxylic acids is 1. The van der Waals surface area contributed by atoms with Gasteiger partial charge in [-0.15, -0.1) is 0 Å². The number of amides is 1. The minimum absolute atomic E-state index is 0.163. The summed E-state index contributed by atoms with van der Waals surface area (Å²) in [7, 11) is 0. The SMILES string of the molecule is O=C(c1ccccc1)N1C2CCC1CC(c1ccc(F)cc1)C2. The van der Waals surface area contributed by atoms with E-state index in [1.165, 1.54) is 5.56 Å². The summed E-state index contributed by atoms with van der Waals surface area (Å²) < 4.78 is 13.1. The number of benzene rings is 2. The lowest BCUT2D eigenvalue weighted by atomic mass is 9.85. The van der Waals surface area contributed by atoms with E-state index in [1.54, 1.807) is 12.1 Å². The summed E-state index contributed by atoms with van der Waals surface area (Å²) in [6, 6.07) is 17.1. The molecule has 2 fully saturated rings. The number of hydrogen-bond acceptors (Lipinski definition) is 1. The predicted octanol–water partition coefficient (Wildman–Crippen LogP) is 4.38. The molecule has 2 aliphatic heterocycles. The first kappa shape index (κ1) is 14.4. The van der Waals surface area contributed by atoms with Crippen LogP contribution < -0.4 is 0 Å². The van der Waals surface area contributed by atoms with E-state index in [2.05, 4.69) is 4.90 Å². The van der Waals surface area contributed by atoms with Crippen LogP contribution in [0, 0.1) is 5.82 Å². The molecular weight excluding hydrogens is 289 g/mol. The van der Waals surface area contributed by atoms with Gasteiger partial charge in [-0.3, -0.25) is 4.79 Å². The molecule has 2 atom stereocenters. The van der Waals surface area contributed by atoms with E-state index in [-0.39, 0.29) is 11.7 Å². The molecule has 2 nitrogen and oxygen atoms in total. The zero-order valence-electron chi connectivity index (χ0n) is 13.0. The molecule has 2 aromatic carbocycles. The van der Waals surface area contributed by atoms with Gasteiger partial charge in [0.1, 0.15) is 5.82 Å². The number of rotatable bonds is 2. The highest BCUT2D eigenvalue weighted by Gasteiger charge is 2.43. The molecule has 0 saturated carbocycles. The molecule has 23 heavy (non-hydrogen) atoms. The Hall–Kier alpha value is -2.16. The second kappa shape index (κ2) is 5.80. The quantitative estimate of drug-likeness (QED) is 0.806. The lowest BCUT2D eigenvalue weighted by molar-refractivity contribution is 0.0571. The van der Waals surface area contributed by atoms with Crippen molar-refractivity contribution in [2.75, 3.05) is 0 Å². The summed E-state index contributed by atoms with van der Waals surface area (Å²) in [4.78, 5) is 14.9. The molecule has 2 aromatic rings. The smallest absolute Gasteiger partial charge is 0.254 e. The highest BCUT2D eigenvalue weighted by atomic mass is 19.1. The molecular formula is C20H20FNO. The number of halogens is 1. The highest BCUT2D eigenvalue weighted by molar-refractivity contribution is 5.94. The van der Waals surface area contributed by atoms with Gasteiger partial charge in [0.15, 0.2) is 0 Å². The number of carbonyl (C=O) groups is 1. The van der Waals surface area contributed by atoms with E-state index >= 15 is 0 Å². The average molecular weight is 309 g/mol. The Balaban J connectivity index is 1.54. The summed E-state index contributed by atoms with van der Waals surface area (Å²) in [5, 5.41) is 0. The van der Waals surface area contributed by atoms with E-state index in [9.17, 15) is 9.18 Å². The predicted molar refractivity (Wildman–Crippen MR) is 87.8 cm³/mol. The second-order valence-electron chi connectivity index (χ2n) is 6.68. The molecule has 2 bridgehead atoms. The van der Waals surface area contributed by atoms with Crippen LogP contribution in [0.4, 0.5) is 4.39 Å². The standard InChI is InChI=1S/C20H20FNO/c21-17-8-6-14(7-9-17)16-12-18-10-11-19(13-16)22(18)20(23)15-4-2-1-3-5-15/h1-9,16,18-19H,10-13H2. The highest BCUT2D eigenvalue weighted by Crippen LogP contribution is 2.43. The molecule has 0 N–H and O–H groups in total. The molecule has 0 radical (unpaired) electrons. The van der Waals surface area contributed by atoms with Crippen LogP contribution in [-0.4, -0.2) is 22.9 Å². The van der Waals surface area contributed by atoms with E-state index < -0.39 is 0 Å². The van der Waals surface area contributed by atoms with Crippen molar-refractivity contribution in [3.05, 3.63) is 71.5 Å². The van der Waals surface area contributed by atoms with E-state index in [1.807, 2.05) is 42.5 Å². The van der Waals surface area contributed by atoms with Gasteiger partial charge < -0.3 is 4.90 Å². The Bertz CT molecular complexity index is 683. The third kappa shape index (κ3) is 2.65. The van der Waals surface area contributed by atoms with Crippen LogP contribution in [-0.2, 0) is 0 Å². The average Bonchev–Trinajstić information content (AvgIpc) is 2.85. The van der Waals surface area contributed by atoms with Crippen molar-refractivity contribution in [1.29, 1.82) is 0 Å². The third-order valence-electron chi connectivity index (χ3n) is 5.33. The van der Waals surface area contributed by atoms with Crippen LogP contribution in [0.2, 0.25) is 0 Å². The topological polar surface area (TPSA) is 20.3 Å². The van der Waals surface area contributed by atoms with Crippen LogP contribution in [0.1, 0.15) is 47.5 Å². The van der Waals surface area contributed by atoms with E-state index in [0.29, 0.717) is 18.0 Å².